The lowest BCUT2D eigenvalue weighted by atomic mass is 10.00. The molecule has 8 heteroatoms. The first-order valence-corrected chi connectivity index (χ1v) is 6.36. The molecular formula is C11H18N6O2. The van der Waals surface area contributed by atoms with E-state index in [0.717, 1.165) is 19.0 Å². The van der Waals surface area contributed by atoms with Gasteiger partial charge in [-0.1, -0.05) is 12.8 Å². The number of nitrogens with two attached hydrogens (primary N) is 1. The quantitative estimate of drug-likeness (QED) is 0.421. The maximum absolute atomic E-state index is 11.0. The van der Waals surface area contributed by atoms with Crippen molar-refractivity contribution in [2.45, 2.75) is 38.6 Å². The molecule has 0 spiro atoms. The van der Waals surface area contributed by atoms with Gasteiger partial charge in [-0.3, -0.25) is 15.5 Å². The van der Waals surface area contributed by atoms with Gasteiger partial charge in [-0.25, -0.2) is 10.8 Å². The first-order valence-electron chi connectivity index (χ1n) is 6.36. The van der Waals surface area contributed by atoms with E-state index < -0.39 is 4.92 Å². The van der Waals surface area contributed by atoms with Crippen molar-refractivity contribution >= 4 is 17.5 Å². The Morgan fingerprint density at radius 1 is 1.53 bits per heavy atom. The summed E-state index contributed by atoms with van der Waals surface area (Å²) in [6.45, 7) is 2.03. The Kier molecular flexibility index (Phi) is 4.10. The van der Waals surface area contributed by atoms with E-state index >= 15 is 0 Å². The van der Waals surface area contributed by atoms with Gasteiger partial charge in [-0.15, -0.1) is 0 Å². The third-order valence-corrected chi connectivity index (χ3v) is 3.57. The molecule has 104 valence electrons. The Bertz CT molecular complexity index is 460. The Labute approximate surface area is 110 Å². The van der Waals surface area contributed by atoms with Crippen molar-refractivity contribution in [3.8, 4) is 0 Å². The number of nitrogen functional groups attached to an aromatic ring is 1. The molecule has 1 heterocycles. The minimum absolute atomic E-state index is 0.135. The zero-order valence-corrected chi connectivity index (χ0v) is 10.8. The van der Waals surface area contributed by atoms with Crippen molar-refractivity contribution in [3.05, 3.63) is 16.3 Å². The van der Waals surface area contributed by atoms with Crippen molar-refractivity contribution in [2.24, 2.45) is 11.8 Å². The number of hydrogen-bond acceptors (Lipinski definition) is 7. The van der Waals surface area contributed by atoms with Crippen molar-refractivity contribution in [1.82, 2.24) is 9.97 Å². The van der Waals surface area contributed by atoms with E-state index in [1.807, 2.05) is 6.92 Å². The fourth-order valence-corrected chi connectivity index (χ4v) is 2.48. The highest BCUT2D eigenvalue weighted by molar-refractivity contribution is 5.57. The van der Waals surface area contributed by atoms with Crippen LogP contribution < -0.4 is 16.6 Å². The molecule has 0 aromatic carbocycles. The molecule has 1 aliphatic rings. The standard InChI is InChI=1S/C11H18N6O2/c1-7(8-4-2-3-5-8)14-10-9(17(18)19)6-13-11(15-10)16-12/h6-8H,2-5,12H2,1H3,(H2,13,14,15,16). The maximum Gasteiger partial charge on any atom is 0.329 e. The summed E-state index contributed by atoms with van der Waals surface area (Å²) in [5, 5.41) is 14.1. The van der Waals surface area contributed by atoms with Gasteiger partial charge in [-0.05, 0) is 25.7 Å². The monoisotopic (exact) mass is 266 g/mol. The lowest BCUT2D eigenvalue weighted by Gasteiger charge is -2.20. The highest BCUT2D eigenvalue weighted by Crippen LogP contribution is 2.31. The van der Waals surface area contributed by atoms with Gasteiger partial charge in [0.1, 0.15) is 6.20 Å². The SMILES string of the molecule is CC(Nc1nc(NN)ncc1[N+](=O)[O-])C1CCCC1. The van der Waals surface area contributed by atoms with Crippen LogP contribution in [0.3, 0.4) is 0 Å². The van der Waals surface area contributed by atoms with Gasteiger partial charge in [0, 0.05) is 6.04 Å². The summed E-state index contributed by atoms with van der Waals surface area (Å²) in [6, 6.07) is 0.140. The zero-order chi connectivity index (χ0) is 13.8. The van der Waals surface area contributed by atoms with E-state index in [4.69, 9.17) is 5.84 Å². The number of rotatable bonds is 5. The minimum Gasteiger partial charge on any atom is -0.361 e. The van der Waals surface area contributed by atoms with Crippen molar-refractivity contribution < 1.29 is 4.92 Å². The summed E-state index contributed by atoms with van der Waals surface area (Å²) < 4.78 is 0. The molecule has 1 fully saturated rings. The van der Waals surface area contributed by atoms with Crippen LogP contribution in [-0.4, -0.2) is 20.9 Å². The van der Waals surface area contributed by atoms with Gasteiger partial charge >= 0.3 is 5.69 Å². The van der Waals surface area contributed by atoms with Crippen LogP contribution >= 0.6 is 0 Å². The fraction of sp³-hybridized carbons (Fsp3) is 0.636. The molecule has 4 N–H and O–H groups in total. The van der Waals surface area contributed by atoms with E-state index in [1.54, 1.807) is 0 Å². The Morgan fingerprint density at radius 2 is 2.21 bits per heavy atom. The number of nitrogens with zero attached hydrogens (tertiary/aromatic N) is 3. The average Bonchev–Trinajstić information content (AvgIpc) is 2.92. The van der Waals surface area contributed by atoms with E-state index in [2.05, 4.69) is 20.7 Å². The van der Waals surface area contributed by atoms with Crippen LogP contribution in [0, 0.1) is 16.0 Å². The number of nitro groups is 1. The second-order valence-electron chi connectivity index (χ2n) is 4.81. The third kappa shape index (κ3) is 3.08. The van der Waals surface area contributed by atoms with E-state index in [0.29, 0.717) is 5.92 Å². The van der Waals surface area contributed by atoms with Gasteiger partial charge in [0.25, 0.3) is 0 Å². The molecule has 0 saturated heterocycles. The Morgan fingerprint density at radius 3 is 2.79 bits per heavy atom. The third-order valence-electron chi connectivity index (χ3n) is 3.57. The molecule has 8 nitrogen and oxygen atoms in total. The molecule has 1 saturated carbocycles. The minimum atomic E-state index is -0.496. The summed E-state index contributed by atoms with van der Waals surface area (Å²) in [5.41, 5.74) is 2.16. The number of nitrogens with one attached hydrogen (secondary N) is 2. The second kappa shape index (κ2) is 5.79. The molecule has 1 unspecified atom stereocenters. The van der Waals surface area contributed by atoms with Crippen LogP contribution in [-0.2, 0) is 0 Å². The molecule has 0 radical (unpaired) electrons. The molecule has 1 aromatic rings. The summed E-state index contributed by atoms with van der Waals surface area (Å²) in [5.74, 6) is 6.13. The summed E-state index contributed by atoms with van der Waals surface area (Å²) in [4.78, 5) is 18.2. The molecule has 1 aliphatic carbocycles. The summed E-state index contributed by atoms with van der Waals surface area (Å²) in [7, 11) is 0. The number of hydrazine groups is 1. The lowest BCUT2D eigenvalue weighted by Crippen LogP contribution is -2.25. The van der Waals surface area contributed by atoms with E-state index in [9.17, 15) is 10.1 Å². The van der Waals surface area contributed by atoms with Gasteiger partial charge in [0.15, 0.2) is 0 Å². The lowest BCUT2D eigenvalue weighted by molar-refractivity contribution is -0.384. The van der Waals surface area contributed by atoms with Crippen LogP contribution in [0.1, 0.15) is 32.6 Å². The van der Waals surface area contributed by atoms with Gasteiger partial charge in [0.2, 0.25) is 11.8 Å². The van der Waals surface area contributed by atoms with Gasteiger partial charge < -0.3 is 5.32 Å². The smallest absolute Gasteiger partial charge is 0.329 e. The van der Waals surface area contributed by atoms with Crippen LogP contribution in [0.25, 0.3) is 0 Å². The van der Waals surface area contributed by atoms with Crippen LogP contribution in [0.15, 0.2) is 6.20 Å². The highest BCUT2D eigenvalue weighted by Gasteiger charge is 2.25. The number of aromatic nitrogens is 2. The Balaban J connectivity index is 2.18. The zero-order valence-electron chi connectivity index (χ0n) is 10.8. The van der Waals surface area contributed by atoms with Crippen molar-refractivity contribution in [2.75, 3.05) is 10.7 Å². The van der Waals surface area contributed by atoms with Crippen LogP contribution in [0.5, 0.6) is 0 Å². The first kappa shape index (κ1) is 13.5. The topological polar surface area (TPSA) is 119 Å². The van der Waals surface area contributed by atoms with Crippen molar-refractivity contribution in [1.29, 1.82) is 0 Å². The van der Waals surface area contributed by atoms with E-state index in [-0.39, 0.29) is 23.5 Å². The van der Waals surface area contributed by atoms with E-state index in [1.165, 1.54) is 12.8 Å². The van der Waals surface area contributed by atoms with Gasteiger partial charge in [0.05, 0.1) is 4.92 Å². The van der Waals surface area contributed by atoms with Gasteiger partial charge in [-0.2, -0.15) is 4.98 Å². The molecule has 0 bridgehead atoms. The normalized spacial score (nSPS) is 17.2. The first-order chi connectivity index (χ1) is 9.11. The molecule has 1 atom stereocenters. The molecule has 1 aromatic heterocycles. The van der Waals surface area contributed by atoms with Crippen LogP contribution in [0.4, 0.5) is 17.5 Å². The molecule has 19 heavy (non-hydrogen) atoms. The summed E-state index contributed by atoms with van der Waals surface area (Å²) >= 11 is 0. The number of anilines is 2. The molecular weight excluding hydrogens is 248 g/mol. The van der Waals surface area contributed by atoms with Crippen molar-refractivity contribution in [3.63, 3.8) is 0 Å². The predicted molar refractivity (Wildman–Crippen MR) is 71.5 cm³/mol. The van der Waals surface area contributed by atoms with Crippen LogP contribution in [0.2, 0.25) is 0 Å². The Hall–Kier alpha value is -1.96. The second-order valence-corrected chi connectivity index (χ2v) is 4.81. The predicted octanol–water partition coefficient (Wildman–Crippen LogP) is 1.66. The maximum atomic E-state index is 11.0. The fourth-order valence-electron chi connectivity index (χ4n) is 2.48. The largest absolute Gasteiger partial charge is 0.361 e. The average molecular weight is 266 g/mol. The number of hydrogen-bond donors (Lipinski definition) is 3. The molecule has 2 rings (SSSR count). The summed E-state index contributed by atoms with van der Waals surface area (Å²) in [6.07, 6.45) is 5.90. The molecule has 0 amide bonds. The highest BCUT2D eigenvalue weighted by atomic mass is 16.6. The molecule has 0 aliphatic heterocycles.